The van der Waals surface area contributed by atoms with Crippen LogP contribution in [0.3, 0.4) is 0 Å². The number of rotatable bonds is 4. The monoisotopic (exact) mass is 204 g/mol. The van der Waals surface area contributed by atoms with E-state index in [4.69, 9.17) is 0 Å². The second-order valence-electron chi connectivity index (χ2n) is 4.62. The van der Waals surface area contributed by atoms with Crippen LogP contribution in [-0.4, -0.2) is 5.11 Å². The Hall–Kier alpha value is -1.08. The quantitative estimate of drug-likeness (QED) is 0.791. The number of hydrogen-bond acceptors (Lipinski definition) is 1. The predicted octanol–water partition coefficient (Wildman–Crippen LogP) is 3.80. The number of hydrogen-bond donors (Lipinski definition) is 1. The molecule has 0 aliphatic heterocycles. The van der Waals surface area contributed by atoms with E-state index in [1.165, 1.54) is 0 Å². The van der Waals surface area contributed by atoms with Gasteiger partial charge in [-0.15, -0.1) is 0 Å². The van der Waals surface area contributed by atoms with Gasteiger partial charge in [-0.05, 0) is 23.0 Å². The third-order valence-corrected chi connectivity index (χ3v) is 3.14. The van der Waals surface area contributed by atoms with E-state index >= 15 is 0 Å². The fourth-order valence-electron chi connectivity index (χ4n) is 1.46. The van der Waals surface area contributed by atoms with Crippen molar-refractivity contribution in [2.24, 2.45) is 5.41 Å². The first-order valence-corrected chi connectivity index (χ1v) is 5.41. The first-order chi connectivity index (χ1) is 7.01. The van der Waals surface area contributed by atoms with Gasteiger partial charge in [-0.25, -0.2) is 0 Å². The van der Waals surface area contributed by atoms with Gasteiger partial charge in [-0.3, -0.25) is 0 Å². The van der Waals surface area contributed by atoms with Gasteiger partial charge in [0.1, 0.15) is 0 Å². The molecule has 0 saturated carbocycles. The van der Waals surface area contributed by atoms with Crippen molar-refractivity contribution in [3.8, 4) is 0 Å². The van der Waals surface area contributed by atoms with Gasteiger partial charge in [0.15, 0.2) is 0 Å². The van der Waals surface area contributed by atoms with Crippen LogP contribution < -0.4 is 0 Å². The first-order valence-electron chi connectivity index (χ1n) is 5.41. The normalized spacial score (nSPS) is 13.6. The summed E-state index contributed by atoms with van der Waals surface area (Å²) in [5.41, 5.74) is 1.99. The molecule has 0 saturated heterocycles. The maximum absolute atomic E-state index is 10.2. The molecule has 1 nitrogen and oxygen atoms in total. The van der Waals surface area contributed by atoms with Gasteiger partial charge >= 0.3 is 0 Å². The zero-order valence-electron chi connectivity index (χ0n) is 9.83. The smallest absolute Gasteiger partial charge is 0.0840 e. The second kappa shape index (κ2) is 4.63. The largest absolute Gasteiger partial charge is 0.388 e. The Labute approximate surface area is 92.5 Å². The van der Waals surface area contributed by atoms with Crippen molar-refractivity contribution in [2.75, 3.05) is 0 Å². The number of benzene rings is 1. The number of aliphatic hydroxyl groups excluding tert-OH is 1. The van der Waals surface area contributed by atoms with Gasteiger partial charge in [0, 0.05) is 0 Å². The summed E-state index contributed by atoms with van der Waals surface area (Å²) >= 11 is 0. The van der Waals surface area contributed by atoms with E-state index in [-0.39, 0.29) is 5.41 Å². The molecule has 0 bridgehead atoms. The SMILES string of the molecule is C=Cc1ccc(C(O)C(C)(C)CC)cc1. The molecule has 1 N–H and O–H groups in total. The highest BCUT2D eigenvalue weighted by atomic mass is 16.3. The third kappa shape index (κ3) is 2.69. The van der Waals surface area contributed by atoms with Crippen LogP contribution in [0, 0.1) is 5.41 Å². The lowest BCUT2D eigenvalue weighted by molar-refractivity contribution is 0.0466. The summed E-state index contributed by atoms with van der Waals surface area (Å²) in [6.07, 6.45) is 2.36. The zero-order valence-corrected chi connectivity index (χ0v) is 9.83. The Morgan fingerprint density at radius 2 is 1.87 bits per heavy atom. The lowest BCUT2D eigenvalue weighted by atomic mass is 9.80. The van der Waals surface area contributed by atoms with Crippen molar-refractivity contribution in [2.45, 2.75) is 33.3 Å². The highest BCUT2D eigenvalue weighted by Gasteiger charge is 2.26. The molecule has 0 amide bonds. The summed E-state index contributed by atoms with van der Waals surface area (Å²) in [4.78, 5) is 0. The standard InChI is InChI=1S/C14H20O/c1-5-11-7-9-12(10-8-11)13(15)14(3,4)6-2/h5,7-10,13,15H,1,6H2,2-4H3. The van der Waals surface area contributed by atoms with Crippen molar-refractivity contribution in [3.05, 3.63) is 42.0 Å². The Morgan fingerprint density at radius 1 is 1.33 bits per heavy atom. The molecule has 0 heterocycles. The fraction of sp³-hybridized carbons (Fsp3) is 0.429. The molecule has 0 radical (unpaired) electrons. The van der Waals surface area contributed by atoms with Crippen LogP contribution in [0.5, 0.6) is 0 Å². The van der Waals surface area contributed by atoms with Crippen molar-refractivity contribution in [1.82, 2.24) is 0 Å². The van der Waals surface area contributed by atoms with Crippen LogP contribution in [0.4, 0.5) is 0 Å². The molecule has 0 spiro atoms. The Kier molecular flexibility index (Phi) is 3.70. The molecule has 1 unspecified atom stereocenters. The molecule has 0 fully saturated rings. The van der Waals surface area contributed by atoms with Crippen molar-refractivity contribution < 1.29 is 5.11 Å². The summed E-state index contributed by atoms with van der Waals surface area (Å²) in [6.45, 7) is 9.97. The van der Waals surface area contributed by atoms with Gasteiger partial charge in [-0.1, -0.05) is 57.7 Å². The summed E-state index contributed by atoms with van der Waals surface area (Å²) < 4.78 is 0. The molecule has 1 heteroatoms. The summed E-state index contributed by atoms with van der Waals surface area (Å²) in [5, 5.41) is 10.2. The van der Waals surface area contributed by atoms with Gasteiger partial charge < -0.3 is 5.11 Å². The molecule has 1 aromatic rings. The summed E-state index contributed by atoms with van der Waals surface area (Å²) in [5.74, 6) is 0. The second-order valence-corrected chi connectivity index (χ2v) is 4.62. The van der Waals surface area contributed by atoms with E-state index in [0.29, 0.717) is 0 Å². The van der Waals surface area contributed by atoms with Gasteiger partial charge in [0.25, 0.3) is 0 Å². The van der Waals surface area contributed by atoms with Crippen LogP contribution in [0.1, 0.15) is 44.4 Å². The van der Waals surface area contributed by atoms with E-state index in [1.54, 1.807) is 6.08 Å². The molecule has 0 aliphatic carbocycles. The topological polar surface area (TPSA) is 20.2 Å². The first kappa shape index (κ1) is 12.0. The predicted molar refractivity (Wildman–Crippen MR) is 65.6 cm³/mol. The fourth-order valence-corrected chi connectivity index (χ4v) is 1.46. The molecule has 0 aromatic heterocycles. The van der Waals surface area contributed by atoms with E-state index in [1.807, 2.05) is 24.3 Å². The zero-order chi connectivity index (χ0) is 11.5. The van der Waals surface area contributed by atoms with Crippen LogP contribution >= 0.6 is 0 Å². The molecular weight excluding hydrogens is 184 g/mol. The van der Waals surface area contributed by atoms with Crippen LogP contribution in [0.25, 0.3) is 6.08 Å². The Morgan fingerprint density at radius 3 is 2.27 bits per heavy atom. The van der Waals surface area contributed by atoms with E-state index in [9.17, 15) is 5.11 Å². The third-order valence-electron chi connectivity index (χ3n) is 3.14. The average molecular weight is 204 g/mol. The average Bonchev–Trinajstić information content (AvgIpc) is 2.28. The van der Waals surface area contributed by atoms with Crippen molar-refractivity contribution in [1.29, 1.82) is 0 Å². The highest BCUT2D eigenvalue weighted by molar-refractivity contribution is 5.47. The van der Waals surface area contributed by atoms with E-state index < -0.39 is 6.10 Å². The van der Waals surface area contributed by atoms with Crippen molar-refractivity contribution in [3.63, 3.8) is 0 Å². The lowest BCUT2D eigenvalue weighted by Gasteiger charge is -2.29. The summed E-state index contributed by atoms with van der Waals surface area (Å²) in [6, 6.07) is 7.91. The molecular formula is C14H20O. The Bertz CT molecular complexity index is 322. The van der Waals surface area contributed by atoms with Crippen LogP contribution in [0.2, 0.25) is 0 Å². The minimum absolute atomic E-state index is 0.0737. The maximum atomic E-state index is 10.2. The molecule has 82 valence electrons. The minimum atomic E-state index is -0.402. The van der Waals surface area contributed by atoms with E-state index in [2.05, 4.69) is 27.4 Å². The van der Waals surface area contributed by atoms with Gasteiger partial charge in [0.05, 0.1) is 6.10 Å². The molecule has 0 aliphatic rings. The minimum Gasteiger partial charge on any atom is -0.388 e. The lowest BCUT2D eigenvalue weighted by Crippen LogP contribution is -2.20. The highest BCUT2D eigenvalue weighted by Crippen LogP contribution is 2.35. The Balaban J connectivity index is 2.91. The number of aliphatic hydroxyl groups is 1. The van der Waals surface area contributed by atoms with E-state index in [0.717, 1.165) is 17.5 Å². The maximum Gasteiger partial charge on any atom is 0.0840 e. The van der Waals surface area contributed by atoms with Crippen LogP contribution in [0.15, 0.2) is 30.8 Å². The molecule has 1 rings (SSSR count). The van der Waals surface area contributed by atoms with Gasteiger partial charge in [0.2, 0.25) is 0 Å². The molecule has 15 heavy (non-hydrogen) atoms. The summed E-state index contributed by atoms with van der Waals surface area (Å²) in [7, 11) is 0. The van der Waals surface area contributed by atoms with Crippen LogP contribution in [-0.2, 0) is 0 Å². The van der Waals surface area contributed by atoms with Crippen molar-refractivity contribution >= 4 is 6.08 Å². The molecule has 1 atom stereocenters. The van der Waals surface area contributed by atoms with Gasteiger partial charge in [-0.2, -0.15) is 0 Å². The molecule has 1 aromatic carbocycles.